The van der Waals surface area contributed by atoms with E-state index < -0.39 is 0 Å². The first kappa shape index (κ1) is 14.3. The van der Waals surface area contributed by atoms with Gasteiger partial charge in [0.2, 0.25) is 0 Å². The maximum atomic E-state index is 10.5. The van der Waals surface area contributed by atoms with Crippen LogP contribution in [0.25, 0.3) is 0 Å². The molecule has 2 heteroatoms. The van der Waals surface area contributed by atoms with Crippen molar-refractivity contribution in [3.05, 3.63) is 0 Å². The minimum Gasteiger partial charge on any atom is -0.392 e. The van der Waals surface area contributed by atoms with E-state index >= 15 is 0 Å². The van der Waals surface area contributed by atoms with Gasteiger partial charge in [0, 0.05) is 5.92 Å². The SMILES string of the molecule is CCC(C)[C@H]1CC2C[C@H](C(C)CC)C(O)C2C1O. The molecule has 2 aliphatic carbocycles. The lowest BCUT2D eigenvalue weighted by molar-refractivity contribution is -0.0139. The molecular formula is C16H30O2. The quantitative estimate of drug-likeness (QED) is 0.809. The van der Waals surface area contributed by atoms with Crippen molar-refractivity contribution in [3.8, 4) is 0 Å². The van der Waals surface area contributed by atoms with Gasteiger partial charge in [0.25, 0.3) is 0 Å². The fourth-order valence-electron chi connectivity index (χ4n) is 4.46. The van der Waals surface area contributed by atoms with Crippen LogP contribution in [0.2, 0.25) is 0 Å². The van der Waals surface area contributed by atoms with Crippen molar-refractivity contribution < 1.29 is 10.2 Å². The Balaban J connectivity index is 2.06. The van der Waals surface area contributed by atoms with Crippen LogP contribution in [0, 0.1) is 35.5 Å². The highest BCUT2D eigenvalue weighted by Gasteiger charge is 2.54. The Morgan fingerprint density at radius 3 is 1.56 bits per heavy atom. The van der Waals surface area contributed by atoms with Gasteiger partial charge in [-0.1, -0.05) is 40.5 Å². The van der Waals surface area contributed by atoms with Crippen LogP contribution >= 0.6 is 0 Å². The fraction of sp³-hybridized carbons (Fsp3) is 1.00. The molecule has 18 heavy (non-hydrogen) atoms. The molecule has 0 heterocycles. The third-order valence-electron chi connectivity index (χ3n) is 6.11. The molecule has 2 aliphatic rings. The Morgan fingerprint density at radius 1 is 0.889 bits per heavy atom. The van der Waals surface area contributed by atoms with E-state index in [1.807, 2.05) is 0 Å². The van der Waals surface area contributed by atoms with Crippen molar-refractivity contribution in [1.29, 1.82) is 0 Å². The Labute approximate surface area is 112 Å². The molecule has 2 rings (SSSR count). The number of hydrogen-bond acceptors (Lipinski definition) is 2. The third kappa shape index (κ3) is 2.22. The lowest BCUT2D eigenvalue weighted by Crippen LogP contribution is -2.35. The van der Waals surface area contributed by atoms with Crippen molar-refractivity contribution in [1.82, 2.24) is 0 Å². The van der Waals surface area contributed by atoms with Crippen LogP contribution in [0.15, 0.2) is 0 Å². The normalized spacial score (nSPS) is 47.0. The maximum absolute atomic E-state index is 10.5. The second-order valence-electron chi connectivity index (χ2n) is 6.89. The van der Waals surface area contributed by atoms with Gasteiger partial charge in [0.1, 0.15) is 0 Å². The summed E-state index contributed by atoms with van der Waals surface area (Å²) in [5, 5.41) is 21.1. The van der Waals surface area contributed by atoms with Gasteiger partial charge in [-0.05, 0) is 42.4 Å². The number of aliphatic hydroxyl groups excluding tert-OH is 2. The van der Waals surface area contributed by atoms with E-state index in [1.54, 1.807) is 0 Å². The van der Waals surface area contributed by atoms with Crippen LogP contribution in [0.3, 0.4) is 0 Å². The molecule has 106 valence electrons. The van der Waals surface area contributed by atoms with Crippen molar-refractivity contribution in [3.63, 3.8) is 0 Å². The molecule has 2 fully saturated rings. The summed E-state index contributed by atoms with van der Waals surface area (Å²) in [5.41, 5.74) is 0. The van der Waals surface area contributed by atoms with E-state index in [0.29, 0.717) is 29.6 Å². The molecule has 6 atom stereocenters. The highest BCUT2D eigenvalue weighted by Crippen LogP contribution is 2.53. The zero-order chi connectivity index (χ0) is 13.4. The molecule has 0 aromatic rings. The Hall–Kier alpha value is -0.0800. The number of fused-ring (bicyclic) bond motifs is 1. The van der Waals surface area contributed by atoms with Gasteiger partial charge in [-0.25, -0.2) is 0 Å². The fourth-order valence-corrected chi connectivity index (χ4v) is 4.46. The van der Waals surface area contributed by atoms with E-state index in [2.05, 4.69) is 27.7 Å². The van der Waals surface area contributed by atoms with Crippen LogP contribution in [-0.4, -0.2) is 22.4 Å². The molecule has 2 nitrogen and oxygen atoms in total. The van der Waals surface area contributed by atoms with E-state index in [4.69, 9.17) is 0 Å². The minimum atomic E-state index is -0.269. The minimum absolute atomic E-state index is 0.156. The van der Waals surface area contributed by atoms with Gasteiger partial charge >= 0.3 is 0 Å². The number of rotatable bonds is 4. The molecule has 0 radical (unpaired) electrons. The summed E-state index contributed by atoms with van der Waals surface area (Å²) >= 11 is 0. The smallest absolute Gasteiger partial charge is 0.0626 e. The first-order chi connectivity index (χ1) is 8.51. The Kier molecular flexibility index (Phi) is 4.38. The van der Waals surface area contributed by atoms with Crippen LogP contribution < -0.4 is 0 Å². The third-order valence-corrected chi connectivity index (χ3v) is 6.11. The van der Waals surface area contributed by atoms with Gasteiger partial charge in [-0.15, -0.1) is 0 Å². The van der Waals surface area contributed by atoms with Crippen LogP contribution in [0.4, 0.5) is 0 Å². The molecule has 0 saturated heterocycles. The van der Waals surface area contributed by atoms with Gasteiger partial charge in [-0.3, -0.25) is 0 Å². The number of hydrogen-bond donors (Lipinski definition) is 2. The van der Waals surface area contributed by atoms with Crippen LogP contribution in [0.5, 0.6) is 0 Å². The van der Waals surface area contributed by atoms with Gasteiger partial charge < -0.3 is 10.2 Å². The second-order valence-corrected chi connectivity index (χ2v) is 6.89. The molecule has 4 unspecified atom stereocenters. The Bertz CT molecular complexity index is 252. The zero-order valence-corrected chi connectivity index (χ0v) is 12.3. The maximum Gasteiger partial charge on any atom is 0.0626 e. The predicted octanol–water partition coefficient (Wildman–Crippen LogP) is 3.07. The molecule has 0 spiro atoms. The van der Waals surface area contributed by atoms with Gasteiger partial charge in [-0.2, -0.15) is 0 Å². The molecule has 0 aromatic carbocycles. The van der Waals surface area contributed by atoms with E-state index in [0.717, 1.165) is 25.7 Å². The van der Waals surface area contributed by atoms with E-state index in [1.165, 1.54) is 0 Å². The monoisotopic (exact) mass is 254 g/mol. The summed E-state index contributed by atoms with van der Waals surface area (Å²) in [6.07, 6.45) is 3.98. The van der Waals surface area contributed by atoms with E-state index in [-0.39, 0.29) is 18.1 Å². The van der Waals surface area contributed by atoms with Crippen molar-refractivity contribution in [2.75, 3.05) is 0 Å². The van der Waals surface area contributed by atoms with Gasteiger partial charge in [0.05, 0.1) is 12.2 Å². The summed E-state index contributed by atoms with van der Waals surface area (Å²) in [4.78, 5) is 0. The van der Waals surface area contributed by atoms with Crippen molar-refractivity contribution in [2.45, 2.75) is 65.6 Å². The molecule has 0 aromatic heterocycles. The molecular weight excluding hydrogens is 224 g/mol. The largest absolute Gasteiger partial charge is 0.392 e. The lowest BCUT2D eigenvalue weighted by Gasteiger charge is -2.29. The summed E-state index contributed by atoms with van der Waals surface area (Å²) in [7, 11) is 0. The van der Waals surface area contributed by atoms with Crippen molar-refractivity contribution in [2.24, 2.45) is 35.5 Å². The topological polar surface area (TPSA) is 40.5 Å². The summed E-state index contributed by atoms with van der Waals surface area (Å²) in [6, 6.07) is 0. The predicted molar refractivity (Wildman–Crippen MR) is 74.1 cm³/mol. The van der Waals surface area contributed by atoms with Crippen LogP contribution in [-0.2, 0) is 0 Å². The van der Waals surface area contributed by atoms with Crippen LogP contribution in [0.1, 0.15) is 53.4 Å². The van der Waals surface area contributed by atoms with Gasteiger partial charge in [0.15, 0.2) is 0 Å². The highest BCUT2D eigenvalue weighted by molar-refractivity contribution is 5.03. The summed E-state index contributed by atoms with van der Waals surface area (Å²) in [6.45, 7) is 8.88. The highest BCUT2D eigenvalue weighted by atomic mass is 16.3. The molecule has 0 aliphatic heterocycles. The summed E-state index contributed by atoms with van der Waals surface area (Å²) in [5.74, 6) is 2.71. The number of aliphatic hydroxyl groups is 2. The average Bonchev–Trinajstić information content (AvgIpc) is 2.86. The first-order valence-electron chi connectivity index (χ1n) is 7.87. The second kappa shape index (κ2) is 5.50. The molecule has 2 saturated carbocycles. The average molecular weight is 254 g/mol. The standard InChI is InChI=1S/C16H30O2/c1-5-9(3)12-7-11-8-13(10(4)6-2)16(18)14(11)15(12)17/h9-18H,5-8H2,1-4H3/t9?,10?,11?,12-,13-,14?,15?,16?/m1/s1. The lowest BCUT2D eigenvalue weighted by atomic mass is 9.81. The molecule has 0 amide bonds. The zero-order valence-electron chi connectivity index (χ0n) is 12.3. The molecule has 0 bridgehead atoms. The Morgan fingerprint density at radius 2 is 1.28 bits per heavy atom. The molecule has 2 N–H and O–H groups in total. The van der Waals surface area contributed by atoms with Crippen molar-refractivity contribution >= 4 is 0 Å². The first-order valence-corrected chi connectivity index (χ1v) is 7.87. The van der Waals surface area contributed by atoms with E-state index in [9.17, 15) is 10.2 Å². The summed E-state index contributed by atoms with van der Waals surface area (Å²) < 4.78 is 0.